The second-order valence-corrected chi connectivity index (χ2v) is 7.93. The van der Waals surface area contributed by atoms with Crippen LogP contribution < -0.4 is 10.6 Å². The van der Waals surface area contributed by atoms with Gasteiger partial charge in [-0.1, -0.05) is 6.07 Å². The summed E-state index contributed by atoms with van der Waals surface area (Å²) < 4.78 is 23.9. The van der Waals surface area contributed by atoms with Crippen molar-refractivity contribution >= 4 is 27.4 Å². The first-order valence-corrected chi connectivity index (χ1v) is 9.32. The molecule has 0 aromatic carbocycles. The first-order chi connectivity index (χ1) is 9.04. The summed E-state index contributed by atoms with van der Waals surface area (Å²) in [6.07, 6.45) is 3.71. The first kappa shape index (κ1) is 14.6. The maximum absolute atomic E-state index is 11.9. The van der Waals surface area contributed by atoms with Gasteiger partial charge < -0.3 is 10.6 Å². The largest absolute Gasteiger partial charge is 0.338 e. The van der Waals surface area contributed by atoms with Crippen molar-refractivity contribution in [1.82, 2.24) is 4.98 Å². The van der Waals surface area contributed by atoms with Crippen molar-refractivity contribution in [2.75, 3.05) is 35.8 Å². The van der Waals surface area contributed by atoms with E-state index in [9.17, 15) is 8.42 Å². The highest BCUT2D eigenvalue weighted by atomic mass is 32.2. The molecular formula is C12H19N3O2S2. The smallest absolute Gasteiger partial charge is 0.169 e. The highest BCUT2D eigenvalue weighted by Gasteiger charge is 2.32. The third-order valence-electron chi connectivity index (χ3n) is 3.13. The molecule has 1 aromatic rings. The minimum absolute atomic E-state index is 0.488. The summed E-state index contributed by atoms with van der Waals surface area (Å²) in [4.78, 5) is 6.29. The quantitative estimate of drug-likeness (QED) is 0.873. The van der Waals surface area contributed by atoms with Crippen LogP contribution in [0.1, 0.15) is 5.56 Å². The SMILES string of the molecule is CS(=O)(=O)C1CSCCN1c1ncccc1CCN. The average Bonchev–Trinajstić information content (AvgIpc) is 2.39. The molecular weight excluding hydrogens is 282 g/mol. The molecule has 1 saturated heterocycles. The lowest BCUT2D eigenvalue weighted by atomic mass is 10.2. The minimum atomic E-state index is -3.12. The van der Waals surface area contributed by atoms with E-state index in [4.69, 9.17) is 5.73 Å². The first-order valence-electron chi connectivity index (χ1n) is 6.21. The Labute approximate surface area is 118 Å². The molecule has 2 N–H and O–H groups in total. The molecule has 0 radical (unpaired) electrons. The van der Waals surface area contributed by atoms with Crippen molar-refractivity contribution in [3.63, 3.8) is 0 Å². The average molecular weight is 301 g/mol. The number of nitrogens with two attached hydrogens (primary N) is 1. The number of pyridine rings is 1. The van der Waals surface area contributed by atoms with E-state index >= 15 is 0 Å². The summed E-state index contributed by atoms with van der Waals surface area (Å²) in [5.74, 6) is 2.28. The van der Waals surface area contributed by atoms with Gasteiger partial charge in [-0.05, 0) is 24.6 Å². The number of hydrogen-bond donors (Lipinski definition) is 1. The van der Waals surface area contributed by atoms with Crippen LogP contribution in [0.4, 0.5) is 5.82 Å². The van der Waals surface area contributed by atoms with Gasteiger partial charge in [-0.25, -0.2) is 13.4 Å². The lowest BCUT2D eigenvalue weighted by molar-refractivity contribution is 0.583. The van der Waals surface area contributed by atoms with Crippen molar-refractivity contribution in [2.24, 2.45) is 5.73 Å². The fourth-order valence-electron chi connectivity index (χ4n) is 2.22. The predicted molar refractivity (Wildman–Crippen MR) is 80.3 cm³/mol. The summed E-state index contributed by atoms with van der Waals surface area (Å²) in [6, 6.07) is 3.83. The Morgan fingerprint density at radius 2 is 2.37 bits per heavy atom. The monoisotopic (exact) mass is 301 g/mol. The molecule has 7 heteroatoms. The summed E-state index contributed by atoms with van der Waals surface area (Å²) >= 11 is 1.67. The molecule has 0 amide bonds. The molecule has 1 fully saturated rings. The van der Waals surface area contributed by atoms with E-state index in [1.54, 1.807) is 18.0 Å². The van der Waals surface area contributed by atoms with Crippen LogP contribution in [-0.2, 0) is 16.3 Å². The third kappa shape index (κ3) is 3.40. The molecule has 1 unspecified atom stereocenters. The lowest BCUT2D eigenvalue weighted by Crippen LogP contribution is -2.47. The number of nitrogens with zero attached hydrogens (tertiary/aromatic N) is 2. The van der Waals surface area contributed by atoms with Gasteiger partial charge in [-0.3, -0.25) is 0 Å². The van der Waals surface area contributed by atoms with Gasteiger partial charge in [-0.2, -0.15) is 11.8 Å². The summed E-state index contributed by atoms with van der Waals surface area (Å²) in [5, 5.41) is -0.488. The van der Waals surface area contributed by atoms with E-state index in [0.717, 1.165) is 17.1 Å². The van der Waals surface area contributed by atoms with Crippen LogP contribution in [0.15, 0.2) is 18.3 Å². The predicted octanol–water partition coefficient (Wildman–Crippen LogP) is 0.507. The zero-order chi connectivity index (χ0) is 13.9. The molecule has 0 spiro atoms. The number of sulfone groups is 1. The molecule has 0 saturated carbocycles. The van der Waals surface area contributed by atoms with Gasteiger partial charge >= 0.3 is 0 Å². The number of rotatable bonds is 4. The van der Waals surface area contributed by atoms with Gasteiger partial charge in [-0.15, -0.1) is 0 Å². The van der Waals surface area contributed by atoms with E-state index in [-0.39, 0.29) is 0 Å². The Balaban J connectivity index is 2.37. The highest BCUT2D eigenvalue weighted by Crippen LogP contribution is 2.27. The Kier molecular flexibility index (Phi) is 4.70. The van der Waals surface area contributed by atoms with E-state index in [1.165, 1.54) is 6.26 Å². The van der Waals surface area contributed by atoms with E-state index < -0.39 is 15.2 Å². The summed E-state index contributed by atoms with van der Waals surface area (Å²) in [6.45, 7) is 1.24. The summed E-state index contributed by atoms with van der Waals surface area (Å²) in [7, 11) is -3.12. The molecule has 5 nitrogen and oxygen atoms in total. The van der Waals surface area contributed by atoms with Crippen LogP contribution in [0.3, 0.4) is 0 Å². The molecule has 19 heavy (non-hydrogen) atoms. The van der Waals surface area contributed by atoms with Gasteiger partial charge in [0.25, 0.3) is 0 Å². The van der Waals surface area contributed by atoms with Crippen molar-refractivity contribution in [3.8, 4) is 0 Å². The Hall–Kier alpha value is -0.790. The van der Waals surface area contributed by atoms with Crippen LogP contribution in [-0.4, -0.2) is 49.6 Å². The maximum Gasteiger partial charge on any atom is 0.169 e. The molecule has 1 aromatic heterocycles. The number of anilines is 1. The normalized spacial score (nSPS) is 20.5. The lowest BCUT2D eigenvalue weighted by Gasteiger charge is -2.36. The van der Waals surface area contributed by atoms with Crippen molar-refractivity contribution in [2.45, 2.75) is 11.8 Å². The number of thioether (sulfide) groups is 1. The molecule has 0 aliphatic carbocycles. The van der Waals surface area contributed by atoms with Gasteiger partial charge in [0.05, 0.1) is 0 Å². The van der Waals surface area contributed by atoms with Gasteiger partial charge in [0.15, 0.2) is 9.84 Å². The standard InChI is InChI=1S/C12H19N3O2S2/c1-19(16,17)11-9-18-8-7-15(11)12-10(4-5-13)3-2-6-14-12/h2-3,6,11H,4-5,7-9,13H2,1H3. The van der Waals surface area contributed by atoms with Crippen LogP contribution in [0, 0.1) is 0 Å². The molecule has 1 atom stereocenters. The fourth-order valence-corrected chi connectivity index (χ4v) is 5.04. The molecule has 1 aliphatic rings. The molecule has 0 bridgehead atoms. The number of hydrogen-bond acceptors (Lipinski definition) is 6. The second kappa shape index (κ2) is 6.11. The molecule has 2 heterocycles. The van der Waals surface area contributed by atoms with Crippen LogP contribution >= 0.6 is 11.8 Å². The van der Waals surface area contributed by atoms with E-state index in [0.29, 0.717) is 25.3 Å². The van der Waals surface area contributed by atoms with Gasteiger partial charge in [0, 0.05) is 30.5 Å². The molecule has 2 rings (SSSR count). The van der Waals surface area contributed by atoms with Crippen LogP contribution in [0.2, 0.25) is 0 Å². The fraction of sp³-hybridized carbons (Fsp3) is 0.583. The Morgan fingerprint density at radius 3 is 3.05 bits per heavy atom. The molecule has 106 valence electrons. The Bertz CT molecular complexity index is 534. The zero-order valence-electron chi connectivity index (χ0n) is 10.9. The van der Waals surface area contributed by atoms with Gasteiger partial charge in [0.2, 0.25) is 0 Å². The van der Waals surface area contributed by atoms with Crippen molar-refractivity contribution in [3.05, 3.63) is 23.9 Å². The van der Waals surface area contributed by atoms with E-state index in [2.05, 4.69) is 4.98 Å². The molecule has 1 aliphatic heterocycles. The Morgan fingerprint density at radius 1 is 1.58 bits per heavy atom. The topological polar surface area (TPSA) is 76.3 Å². The summed E-state index contributed by atoms with van der Waals surface area (Å²) in [5.41, 5.74) is 6.63. The van der Waals surface area contributed by atoms with Gasteiger partial charge in [0.1, 0.15) is 11.2 Å². The van der Waals surface area contributed by atoms with Crippen molar-refractivity contribution < 1.29 is 8.42 Å². The zero-order valence-corrected chi connectivity index (χ0v) is 12.6. The van der Waals surface area contributed by atoms with Crippen LogP contribution in [0.25, 0.3) is 0 Å². The van der Waals surface area contributed by atoms with Crippen LogP contribution in [0.5, 0.6) is 0 Å². The third-order valence-corrected chi connectivity index (χ3v) is 5.78. The highest BCUT2D eigenvalue weighted by molar-refractivity contribution is 8.01. The second-order valence-electron chi connectivity index (χ2n) is 4.58. The maximum atomic E-state index is 11.9. The number of aromatic nitrogens is 1. The van der Waals surface area contributed by atoms with Crippen molar-refractivity contribution in [1.29, 1.82) is 0 Å². The minimum Gasteiger partial charge on any atom is -0.338 e. The van der Waals surface area contributed by atoms with E-state index in [1.807, 2.05) is 17.0 Å².